The van der Waals surface area contributed by atoms with Crippen molar-refractivity contribution in [3.63, 3.8) is 0 Å². The highest BCUT2D eigenvalue weighted by Gasteiger charge is 2.27. The van der Waals surface area contributed by atoms with Gasteiger partial charge in [-0.15, -0.1) is 0 Å². The van der Waals surface area contributed by atoms with Crippen LogP contribution in [0.5, 0.6) is 0 Å². The molecule has 8 heteroatoms. The standard InChI is InChI=1S/C22H20ClFN2O3S/c23-18-10-6-9-17(13-18)15-25-22(27)20(14-16-7-2-1-3-8-16)26-30(28,29)21-12-5-4-11-19(21)24/h1-13,20,26H,14-15H2,(H,25,27)/t20-/m0/s1. The van der Waals surface area contributed by atoms with E-state index in [0.717, 1.165) is 23.3 Å². The molecule has 1 amide bonds. The van der Waals surface area contributed by atoms with E-state index >= 15 is 0 Å². The SMILES string of the molecule is O=C(NCc1cccc(Cl)c1)[C@H](Cc1ccccc1)NS(=O)(=O)c1ccccc1F. The summed E-state index contributed by atoms with van der Waals surface area (Å²) in [6.07, 6.45) is 0.107. The fourth-order valence-electron chi connectivity index (χ4n) is 2.91. The maximum atomic E-state index is 14.0. The second-order valence-electron chi connectivity index (χ2n) is 6.64. The van der Waals surface area contributed by atoms with Crippen LogP contribution in [-0.2, 0) is 27.8 Å². The molecule has 30 heavy (non-hydrogen) atoms. The van der Waals surface area contributed by atoms with E-state index in [4.69, 9.17) is 11.6 Å². The number of halogens is 2. The Morgan fingerprint density at radius 2 is 1.60 bits per heavy atom. The van der Waals surface area contributed by atoms with E-state index in [1.54, 1.807) is 48.5 Å². The topological polar surface area (TPSA) is 75.3 Å². The zero-order valence-corrected chi connectivity index (χ0v) is 17.5. The maximum absolute atomic E-state index is 14.0. The third kappa shape index (κ3) is 5.89. The van der Waals surface area contributed by atoms with Crippen LogP contribution >= 0.6 is 11.6 Å². The van der Waals surface area contributed by atoms with Crippen LogP contribution in [0.2, 0.25) is 5.02 Å². The first-order chi connectivity index (χ1) is 14.3. The molecule has 0 heterocycles. The van der Waals surface area contributed by atoms with Gasteiger partial charge in [-0.2, -0.15) is 4.72 Å². The molecular formula is C22H20ClFN2O3S. The predicted molar refractivity (Wildman–Crippen MR) is 114 cm³/mol. The molecule has 0 spiro atoms. The third-order valence-corrected chi connectivity index (χ3v) is 6.12. The van der Waals surface area contributed by atoms with Crippen molar-refractivity contribution < 1.29 is 17.6 Å². The molecule has 3 aromatic rings. The van der Waals surface area contributed by atoms with Crippen LogP contribution < -0.4 is 10.0 Å². The van der Waals surface area contributed by atoms with Crippen molar-refractivity contribution in [3.8, 4) is 0 Å². The number of benzene rings is 3. The number of carbonyl (C=O) groups is 1. The number of hydrogen-bond acceptors (Lipinski definition) is 3. The van der Waals surface area contributed by atoms with Crippen molar-refractivity contribution in [2.45, 2.75) is 23.9 Å². The van der Waals surface area contributed by atoms with Crippen LogP contribution in [0.15, 0.2) is 83.8 Å². The van der Waals surface area contributed by atoms with E-state index in [2.05, 4.69) is 10.0 Å². The van der Waals surface area contributed by atoms with E-state index in [9.17, 15) is 17.6 Å². The molecule has 1 atom stereocenters. The molecule has 0 aromatic heterocycles. The van der Waals surface area contributed by atoms with Gasteiger partial charge in [-0.1, -0.05) is 66.2 Å². The quantitative estimate of drug-likeness (QED) is 0.554. The molecule has 0 radical (unpaired) electrons. The number of carbonyl (C=O) groups excluding carboxylic acids is 1. The molecule has 0 saturated heterocycles. The average molecular weight is 447 g/mol. The van der Waals surface area contributed by atoms with Gasteiger partial charge < -0.3 is 5.32 Å². The Morgan fingerprint density at radius 3 is 2.30 bits per heavy atom. The molecule has 5 nitrogen and oxygen atoms in total. The minimum absolute atomic E-state index is 0.107. The number of sulfonamides is 1. The van der Waals surface area contributed by atoms with Gasteiger partial charge in [0.15, 0.2) is 0 Å². The fraction of sp³-hybridized carbons (Fsp3) is 0.136. The summed E-state index contributed by atoms with van der Waals surface area (Å²) in [5.41, 5.74) is 1.53. The largest absolute Gasteiger partial charge is 0.351 e. The summed E-state index contributed by atoms with van der Waals surface area (Å²) in [6, 6.07) is 19.8. The summed E-state index contributed by atoms with van der Waals surface area (Å²) in [6.45, 7) is 0.173. The summed E-state index contributed by atoms with van der Waals surface area (Å²) >= 11 is 5.96. The Hall–Kier alpha value is -2.74. The summed E-state index contributed by atoms with van der Waals surface area (Å²) in [4.78, 5) is 12.3. The first-order valence-electron chi connectivity index (χ1n) is 9.18. The minimum atomic E-state index is -4.25. The monoisotopic (exact) mass is 446 g/mol. The summed E-state index contributed by atoms with van der Waals surface area (Å²) in [7, 11) is -4.25. The van der Waals surface area contributed by atoms with Crippen molar-refractivity contribution >= 4 is 27.5 Å². The average Bonchev–Trinajstić information content (AvgIpc) is 2.72. The molecule has 156 valence electrons. The number of hydrogen-bond donors (Lipinski definition) is 2. The van der Waals surface area contributed by atoms with Crippen molar-refractivity contribution in [3.05, 3.63) is 101 Å². The van der Waals surface area contributed by atoms with Gasteiger partial charge in [0.05, 0.1) is 0 Å². The van der Waals surface area contributed by atoms with Gasteiger partial charge in [0.25, 0.3) is 0 Å². The Labute approximate surface area is 179 Å². The normalized spacial score (nSPS) is 12.3. The van der Waals surface area contributed by atoms with Crippen LogP contribution in [-0.4, -0.2) is 20.4 Å². The van der Waals surface area contributed by atoms with E-state index < -0.39 is 32.7 Å². The minimum Gasteiger partial charge on any atom is -0.351 e. The molecule has 0 aliphatic rings. The van der Waals surface area contributed by atoms with Crippen molar-refractivity contribution in [2.75, 3.05) is 0 Å². The van der Waals surface area contributed by atoms with Crippen LogP contribution in [0.25, 0.3) is 0 Å². The molecule has 3 aromatic carbocycles. The Balaban J connectivity index is 1.81. The molecule has 3 rings (SSSR count). The second kappa shape index (κ2) is 9.84. The van der Waals surface area contributed by atoms with Gasteiger partial charge in [-0.25, -0.2) is 12.8 Å². The number of rotatable bonds is 8. The van der Waals surface area contributed by atoms with Crippen molar-refractivity contribution in [1.82, 2.24) is 10.0 Å². The van der Waals surface area contributed by atoms with Crippen LogP contribution in [0.3, 0.4) is 0 Å². The first-order valence-corrected chi connectivity index (χ1v) is 11.0. The van der Waals surface area contributed by atoms with Crippen LogP contribution in [0.1, 0.15) is 11.1 Å². The maximum Gasteiger partial charge on any atom is 0.244 e. The van der Waals surface area contributed by atoms with Gasteiger partial charge in [0.2, 0.25) is 15.9 Å². The lowest BCUT2D eigenvalue weighted by atomic mass is 10.1. The van der Waals surface area contributed by atoms with Gasteiger partial charge >= 0.3 is 0 Å². The number of amides is 1. The lowest BCUT2D eigenvalue weighted by Crippen LogP contribution is -2.47. The fourth-order valence-corrected chi connectivity index (χ4v) is 4.40. The van der Waals surface area contributed by atoms with E-state index in [-0.39, 0.29) is 13.0 Å². The highest BCUT2D eigenvalue weighted by molar-refractivity contribution is 7.89. The molecule has 0 aliphatic heterocycles. The van der Waals surface area contributed by atoms with Gasteiger partial charge in [0, 0.05) is 11.6 Å². The van der Waals surface area contributed by atoms with E-state index in [1.165, 1.54) is 12.1 Å². The smallest absolute Gasteiger partial charge is 0.244 e. The van der Waals surface area contributed by atoms with Crippen LogP contribution in [0, 0.1) is 5.82 Å². The second-order valence-corrected chi connectivity index (χ2v) is 8.76. The Morgan fingerprint density at radius 1 is 0.933 bits per heavy atom. The third-order valence-electron chi connectivity index (χ3n) is 4.38. The molecule has 0 aliphatic carbocycles. The molecule has 2 N–H and O–H groups in total. The summed E-state index contributed by atoms with van der Waals surface area (Å²) < 4.78 is 41.8. The summed E-state index contributed by atoms with van der Waals surface area (Å²) in [5.74, 6) is -1.42. The molecule has 0 unspecified atom stereocenters. The van der Waals surface area contributed by atoms with Crippen molar-refractivity contribution in [2.24, 2.45) is 0 Å². The van der Waals surface area contributed by atoms with Gasteiger partial charge in [0.1, 0.15) is 16.8 Å². The van der Waals surface area contributed by atoms with E-state index in [1.807, 2.05) is 6.07 Å². The highest BCUT2D eigenvalue weighted by Crippen LogP contribution is 2.15. The lowest BCUT2D eigenvalue weighted by molar-refractivity contribution is -0.122. The Bertz CT molecular complexity index is 1120. The molecule has 0 fully saturated rings. The zero-order chi connectivity index (χ0) is 21.6. The van der Waals surface area contributed by atoms with Crippen molar-refractivity contribution in [1.29, 1.82) is 0 Å². The molecule has 0 bridgehead atoms. The molecule has 0 saturated carbocycles. The first kappa shape index (κ1) is 22.0. The highest BCUT2D eigenvalue weighted by atomic mass is 35.5. The molecular weight excluding hydrogens is 427 g/mol. The lowest BCUT2D eigenvalue weighted by Gasteiger charge is -2.19. The summed E-state index contributed by atoms with van der Waals surface area (Å²) in [5, 5.41) is 3.25. The van der Waals surface area contributed by atoms with E-state index in [0.29, 0.717) is 5.02 Å². The van der Waals surface area contributed by atoms with Crippen LogP contribution in [0.4, 0.5) is 4.39 Å². The van der Waals surface area contributed by atoms with Gasteiger partial charge in [-0.3, -0.25) is 4.79 Å². The number of nitrogens with one attached hydrogen (secondary N) is 2. The van der Waals surface area contributed by atoms with Gasteiger partial charge in [-0.05, 0) is 41.8 Å². The zero-order valence-electron chi connectivity index (χ0n) is 15.9. The predicted octanol–water partition coefficient (Wildman–Crippen LogP) is 3.69. The Kier molecular flexibility index (Phi) is 7.20.